The number of hydrogen-bond donors (Lipinski definition) is 2. The van der Waals surface area contributed by atoms with Crippen LogP contribution in [0.25, 0.3) is 0 Å². The van der Waals surface area contributed by atoms with Crippen molar-refractivity contribution in [2.45, 2.75) is 39.3 Å². The average Bonchev–Trinajstić information content (AvgIpc) is 2.27. The molecule has 1 aromatic rings. The summed E-state index contributed by atoms with van der Waals surface area (Å²) in [6, 6.07) is 7.10. The lowest BCUT2D eigenvalue weighted by atomic mass is 10.1. The molecule has 18 heavy (non-hydrogen) atoms. The molecule has 1 amide bonds. The summed E-state index contributed by atoms with van der Waals surface area (Å²) in [5.41, 5.74) is 0.588. The Labute approximate surface area is 109 Å². The standard InChI is InChI=1S/C14H22N2O2/c1-10(16-14(2,3)4)13(17)15-11-8-6-7-9-12(11)18-5/h6-10,16H,1-5H3,(H,15,17)/t10-/m1/s1. The molecule has 0 fully saturated rings. The number of nitrogens with one attached hydrogen (secondary N) is 2. The highest BCUT2D eigenvalue weighted by Gasteiger charge is 2.20. The summed E-state index contributed by atoms with van der Waals surface area (Å²) in [5.74, 6) is 0.586. The number of anilines is 1. The number of amides is 1. The third-order valence-corrected chi connectivity index (χ3v) is 2.41. The maximum absolute atomic E-state index is 12.0. The highest BCUT2D eigenvalue weighted by molar-refractivity contribution is 5.95. The first kappa shape index (κ1) is 14.5. The second-order valence-electron chi connectivity index (χ2n) is 5.31. The smallest absolute Gasteiger partial charge is 0.241 e. The Morgan fingerprint density at radius 1 is 1.28 bits per heavy atom. The largest absolute Gasteiger partial charge is 0.495 e. The number of methoxy groups -OCH3 is 1. The fourth-order valence-electron chi connectivity index (χ4n) is 1.70. The highest BCUT2D eigenvalue weighted by atomic mass is 16.5. The summed E-state index contributed by atoms with van der Waals surface area (Å²) < 4.78 is 5.19. The molecule has 0 aliphatic carbocycles. The molecule has 0 saturated carbocycles. The SMILES string of the molecule is COc1ccccc1NC(=O)[C@@H](C)NC(C)(C)C. The van der Waals surface area contributed by atoms with Crippen LogP contribution in [-0.2, 0) is 4.79 Å². The van der Waals surface area contributed by atoms with Crippen molar-refractivity contribution in [1.82, 2.24) is 5.32 Å². The van der Waals surface area contributed by atoms with Crippen LogP contribution in [0.2, 0.25) is 0 Å². The van der Waals surface area contributed by atoms with Crippen LogP contribution >= 0.6 is 0 Å². The summed E-state index contributed by atoms with van der Waals surface area (Å²) in [5, 5.41) is 6.08. The van der Waals surface area contributed by atoms with E-state index in [4.69, 9.17) is 4.74 Å². The number of rotatable bonds is 4. The molecule has 4 heteroatoms. The van der Waals surface area contributed by atoms with Gasteiger partial charge in [-0.15, -0.1) is 0 Å². The number of carbonyl (C=O) groups is 1. The van der Waals surface area contributed by atoms with E-state index in [1.54, 1.807) is 7.11 Å². The van der Waals surface area contributed by atoms with Gasteiger partial charge in [-0.3, -0.25) is 4.79 Å². The number of carbonyl (C=O) groups excluding carboxylic acids is 1. The van der Waals surface area contributed by atoms with Crippen molar-refractivity contribution in [3.05, 3.63) is 24.3 Å². The summed E-state index contributed by atoms with van der Waals surface area (Å²) in [7, 11) is 1.59. The van der Waals surface area contributed by atoms with E-state index in [2.05, 4.69) is 10.6 Å². The predicted octanol–water partition coefficient (Wildman–Crippen LogP) is 2.41. The summed E-state index contributed by atoms with van der Waals surface area (Å²) in [6.07, 6.45) is 0. The molecule has 100 valence electrons. The third-order valence-electron chi connectivity index (χ3n) is 2.41. The number of hydrogen-bond acceptors (Lipinski definition) is 3. The Morgan fingerprint density at radius 2 is 1.89 bits per heavy atom. The van der Waals surface area contributed by atoms with Gasteiger partial charge >= 0.3 is 0 Å². The lowest BCUT2D eigenvalue weighted by Gasteiger charge is -2.25. The zero-order valence-corrected chi connectivity index (χ0v) is 11.7. The molecule has 1 rings (SSSR count). The molecule has 4 nitrogen and oxygen atoms in total. The molecule has 0 aliphatic rings. The van der Waals surface area contributed by atoms with Gasteiger partial charge in [0.05, 0.1) is 18.8 Å². The molecule has 1 atom stereocenters. The lowest BCUT2D eigenvalue weighted by Crippen LogP contribution is -2.48. The molecular formula is C14H22N2O2. The van der Waals surface area contributed by atoms with E-state index in [-0.39, 0.29) is 17.5 Å². The molecule has 2 N–H and O–H groups in total. The lowest BCUT2D eigenvalue weighted by molar-refractivity contribution is -0.118. The van der Waals surface area contributed by atoms with E-state index in [1.165, 1.54) is 0 Å². The van der Waals surface area contributed by atoms with Gasteiger partial charge in [0.15, 0.2) is 0 Å². The quantitative estimate of drug-likeness (QED) is 0.862. The molecule has 0 bridgehead atoms. The number of benzene rings is 1. The van der Waals surface area contributed by atoms with Crippen molar-refractivity contribution in [2.75, 3.05) is 12.4 Å². The van der Waals surface area contributed by atoms with Crippen molar-refractivity contribution in [3.8, 4) is 5.75 Å². The van der Waals surface area contributed by atoms with E-state index in [0.29, 0.717) is 11.4 Å². The molecule has 0 unspecified atom stereocenters. The van der Waals surface area contributed by atoms with Crippen LogP contribution in [0.1, 0.15) is 27.7 Å². The first-order chi connectivity index (χ1) is 8.33. The maximum Gasteiger partial charge on any atom is 0.241 e. The van der Waals surface area contributed by atoms with Crippen LogP contribution in [0.15, 0.2) is 24.3 Å². The molecule has 0 aromatic heterocycles. The molecule has 0 spiro atoms. The van der Waals surface area contributed by atoms with Crippen LogP contribution in [0.5, 0.6) is 5.75 Å². The van der Waals surface area contributed by atoms with Crippen molar-refractivity contribution in [1.29, 1.82) is 0 Å². The Hall–Kier alpha value is -1.55. The predicted molar refractivity (Wildman–Crippen MR) is 74.0 cm³/mol. The van der Waals surface area contributed by atoms with E-state index in [9.17, 15) is 4.79 Å². The van der Waals surface area contributed by atoms with Gasteiger partial charge in [-0.25, -0.2) is 0 Å². The molecule has 0 saturated heterocycles. The summed E-state index contributed by atoms with van der Waals surface area (Å²) in [4.78, 5) is 12.0. The third kappa shape index (κ3) is 4.37. The summed E-state index contributed by atoms with van der Waals surface area (Å²) >= 11 is 0. The van der Waals surface area contributed by atoms with Gasteiger partial charge in [0.1, 0.15) is 5.75 Å². The van der Waals surface area contributed by atoms with Crippen molar-refractivity contribution >= 4 is 11.6 Å². The highest BCUT2D eigenvalue weighted by Crippen LogP contribution is 2.23. The van der Waals surface area contributed by atoms with Gasteiger partial charge in [0.25, 0.3) is 0 Å². The molecule has 1 aromatic carbocycles. The molecular weight excluding hydrogens is 228 g/mol. The van der Waals surface area contributed by atoms with Gasteiger partial charge in [0, 0.05) is 5.54 Å². The van der Waals surface area contributed by atoms with Crippen molar-refractivity contribution in [3.63, 3.8) is 0 Å². The Kier molecular flexibility index (Phi) is 4.73. The monoisotopic (exact) mass is 250 g/mol. The van der Waals surface area contributed by atoms with Crippen molar-refractivity contribution < 1.29 is 9.53 Å². The minimum absolute atomic E-state index is 0.0746. The number of para-hydroxylation sites is 2. The van der Waals surface area contributed by atoms with E-state index in [1.807, 2.05) is 52.0 Å². The minimum atomic E-state index is -0.269. The van der Waals surface area contributed by atoms with E-state index in [0.717, 1.165) is 0 Å². The Morgan fingerprint density at radius 3 is 2.44 bits per heavy atom. The first-order valence-corrected chi connectivity index (χ1v) is 6.05. The first-order valence-electron chi connectivity index (χ1n) is 6.05. The van der Waals surface area contributed by atoms with Gasteiger partial charge < -0.3 is 15.4 Å². The minimum Gasteiger partial charge on any atom is -0.495 e. The van der Waals surface area contributed by atoms with Crippen LogP contribution in [0.4, 0.5) is 5.69 Å². The average molecular weight is 250 g/mol. The van der Waals surface area contributed by atoms with Gasteiger partial charge in [0.2, 0.25) is 5.91 Å². The van der Waals surface area contributed by atoms with E-state index >= 15 is 0 Å². The maximum atomic E-state index is 12.0. The topological polar surface area (TPSA) is 50.4 Å². The van der Waals surface area contributed by atoms with Crippen molar-refractivity contribution in [2.24, 2.45) is 0 Å². The number of ether oxygens (including phenoxy) is 1. The Bertz CT molecular complexity index is 411. The normalized spacial score (nSPS) is 12.9. The zero-order valence-electron chi connectivity index (χ0n) is 11.7. The van der Waals surface area contributed by atoms with E-state index < -0.39 is 0 Å². The molecule has 0 aliphatic heterocycles. The van der Waals surface area contributed by atoms with Crippen LogP contribution in [0.3, 0.4) is 0 Å². The van der Waals surface area contributed by atoms with Crippen LogP contribution in [-0.4, -0.2) is 24.6 Å². The second-order valence-corrected chi connectivity index (χ2v) is 5.31. The molecule has 0 heterocycles. The van der Waals surface area contributed by atoms with Crippen LogP contribution < -0.4 is 15.4 Å². The van der Waals surface area contributed by atoms with Gasteiger partial charge in [-0.1, -0.05) is 12.1 Å². The summed E-state index contributed by atoms with van der Waals surface area (Å²) in [6.45, 7) is 7.93. The second kappa shape index (κ2) is 5.87. The van der Waals surface area contributed by atoms with Gasteiger partial charge in [-0.2, -0.15) is 0 Å². The molecule has 0 radical (unpaired) electrons. The zero-order chi connectivity index (χ0) is 13.8. The van der Waals surface area contributed by atoms with Crippen LogP contribution in [0, 0.1) is 0 Å². The Balaban J connectivity index is 2.70. The fraction of sp³-hybridized carbons (Fsp3) is 0.500. The van der Waals surface area contributed by atoms with Gasteiger partial charge in [-0.05, 0) is 39.8 Å². The fourth-order valence-corrected chi connectivity index (χ4v) is 1.70.